The normalized spacial score (nSPS) is 14.2. The molecule has 2 heterocycles. The maximum absolute atomic E-state index is 11.9. The van der Waals surface area contributed by atoms with Gasteiger partial charge in [-0.3, -0.25) is 9.59 Å². The molecule has 21 heavy (non-hydrogen) atoms. The predicted molar refractivity (Wildman–Crippen MR) is 81.3 cm³/mol. The van der Waals surface area contributed by atoms with Gasteiger partial charge in [0.25, 0.3) is 5.91 Å². The van der Waals surface area contributed by atoms with E-state index in [0.717, 1.165) is 24.8 Å². The second-order valence-corrected chi connectivity index (χ2v) is 5.13. The zero-order valence-electron chi connectivity index (χ0n) is 12.0. The van der Waals surface area contributed by atoms with E-state index >= 15 is 0 Å². The summed E-state index contributed by atoms with van der Waals surface area (Å²) in [5.41, 5.74) is 1.93. The van der Waals surface area contributed by atoms with Crippen molar-refractivity contribution in [3.05, 3.63) is 23.5 Å². The van der Waals surface area contributed by atoms with Crippen LogP contribution in [-0.2, 0) is 11.2 Å². The first-order chi connectivity index (χ1) is 10.1. The Morgan fingerprint density at radius 1 is 1.48 bits per heavy atom. The lowest BCUT2D eigenvalue weighted by molar-refractivity contribution is -0.117. The van der Waals surface area contributed by atoms with Gasteiger partial charge in [0, 0.05) is 21.4 Å². The molecule has 0 bridgehead atoms. The van der Waals surface area contributed by atoms with E-state index in [9.17, 15) is 9.59 Å². The number of hydrogen-bond donors (Lipinski definition) is 2. The summed E-state index contributed by atoms with van der Waals surface area (Å²) in [6.07, 6.45) is 4.10. The first-order valence-corrected chi connectivity index (χ1v) is 7.04. The molecule has 1 aliphatic rings. The highest BCUT2D eigenvalue weighted by molar-refractivity contribution is 5.94. The molecule has 0 radical (unpaired) electrons. The van der Waals surface area contributed by atoms with Gasteiger partial charge >= 0.3 is 0 Å². The van der Waals surface area contributed by atoms with Gasteiger partial charge in [0.15, 0.2) is 17.2 Å². The number of imidazole rings is 1. The lowest BCUT2D eigenvalue weighted by Crippen LogP contribution is -2.21. The van der Waals surface area contributed by atoms with Crippen LogP contribution in [0.5, 0.6) is 0 Å². The van der Waals surface area contributed by atoms with Crippen LogP contribution >= 0.6 is 0 Å². The summed E-state index contributed by atoms with van der Waals surface area (Å²) >= 11 is 0. The molecule has 0 atom stereocenters. The van der Waals surface area contributed by atoms with E-state index in [1.807, 2.05) is 13.0 Å². The predicted octanol–water partition coefficient (Wildman–Crippen LogP) is 1.49. The minimum absolute atomic E-state index is 0. The summed E-state index contributed by atoms with van der Waals surface area (Å²) in [5.74, 6) is 0.293. The first-order valence-electron chi connectivity index (χ1n) is 7.04. The van der Waals surface area contributed by atoms with Gasteiger partial charge in [-0.1, -0.05) is 6.92 Å². The molecule has 1 saturated carbocycles. The standard InChI is InChI=1S/C14H17N5O2.2H2/c1-3-8-6-11(17-13(20)9-4-5-9)18-19-10(14(21)15-2)7-16-12(8)19;;/h6-7,9H,3-5H2,1-2H3,(H,15,21)(H,17,18,20);2*1H. The summed E-state index contributed by atoms with van der Waals surface area (Å²) < 4.78 is 1.49. The Labute approximate surface area is 124 Å². The van der Waals surface area contributed by atoms with Gasteiger partial charge < -0.3 is 10.6 Å². The highest BCUT2D eigenvalue weighted by Crippen LogP contribution is 2.30. The number of hydrogen-bond acceptors (Lipinski definition) is 4. The van der Waals surface area contributed by atoms with Crippen molar-refractivity contribution in [2.45, 2.75) is 26.2 Å². The topological polar surface area (TPSA) is 88.4 Å². The average molecular weight is 291 g/mol. The van der Waals surface area contributed by atoms with Crippen LogP contribution in [0.4, 0.5) is 5.82 Å². The van der Waals surface area contributed by atoms with Crippen LogP contribution in [0.15, 0.2) is 12.3 Å². The molecule has 0 aliphatic heterocycles. The fraction of sp³-hybridized carbons (Fsp3) is 0.429. The second kappa shape index (κ2) is 5.16. The molecule has 2 aromatic rings. The van der Waals surface area contributed by atoms with Crippen LogP contribution in [-0.4, -0.2) is 33.5 Å². The Kier molecular flexibility index (Phi) is 3.32. The molecule has 0 saturated heterocycles. The van der Waals surface area contributed by atoms with E-state index in [1.54, 1.807) is 7.05 Å². The number of aromatic nitrogens is 3. The third kappa shape index (κ3) is 2.46. The molecule has 0 aromatic carbocycles. The van der Waals surface area contributed by atoms with Gasteiger partial charge in [-0.15, -0.1) is 5.10 Å². The SMILES string of the molecule is CCc1cc(NC(=O)C2CC2)nn2c(C(=O)NC)cnc12.[HH].[HH]. The summed E-state index contributed by atoms with van der Waals surface area (Å²) in [6, 6.07) is 1.82. The Balaban J connectivity index is 0.00000132. The van der Waals surface area contributed by atoms with Crippen molar-refractivity contribution in [3.8, 4) is 0 Å². The van der Waals surface area contributed by atoms with Crippen molar-refractivity contribution in [3.63, 3.8) is 0 Å². The summed E-state index contributed by atoms with van der Waals surface area (Å²) in [5, 5.41) is 9.70. The number of nitrogens with one attached hydrogen (secondary N) is 2. The lowest BCUT2D eigenvalue weighted by Gasteiger charge is -2.08. The minimum atomic E-state index is -0.261. The molecule has 1 aliphatic carbocycles. The van der Waals surface area contributed by atoms with E-state index in [1.165, 1.54) is 10.7 Å². The molecular weight excluding hydrogens is 270 g/mol. The number of carbonyl (C=O) groups is 2. The van der Waals surface area contributed by atoms with Crippen molar-refractivity contribution >= 4 is 23.3 Å². The average Bonchev–Trinajstić information content (AvgIpc) is 3.26. The number of carbonyl (C=O) groups excluding carboxylic acids is 2. The number of anilines is 1. The van der Waals surface area contributed by atoms with Crippen LogP contribution in [0.3, 0.4) is 0 Å². The van der Waals surface area contributed by atoms with Crippen molar-refractivity contribution in [2.24, 2.45) is 5.92 Å². The largest absolute Gasteiger partial charge is 0.354 e. The van der Waals surface area contributed by atoms with Gasteiger partial charge in [-0.2, -0.15) is 0 Å². The van der Waals surface area contributed by atoms with Crippen LogP contribution in [0.2, 0.25) is 0 Å². The number of nitrogens with zero attached hydrogens (tertiary/aromatic N) is 3. The zero-order chi connectivity index (χ0) is 15.0. The summed E-state index contributed by atoms with van der Waals surface area (Å²) in [7, 11) is 1.56. The third-order valence-electron chi connectivity index (χ3n) is 3.58. The van der Waals surface area contributed by atoms with Gasteiger partial charge in [-0.05, 0) is 25.3 Å². The van der Waals surface area contributed by atoms with E-state index in [-0.39, 0.29) is 20.6 Å². The quantitative estimate of drug-likeness (QED) is 0.893. The number of fused-ring (bicyclic) bond motifs is 1. The van der Waals surface area contributed by atoms with E-state index in [2.05, 4.69) is 20.7 Å². The highest BCUT2D eigenvalue weighted by Gasteiger charge is 2.30. The van der Waals surface area contributed by atoms with Gasteiger partial charge in [0.2, 0.25) is 5.91 Å². The molecular formula is C14H21N5O2. The lowest BCUT2D eigenvalue weighted by atomic mass is 10.2. The first kappa shape index (κ1) is 13.5. The Bertz CT molecular complexity index is 727. The van der Waals surface area contributed by atoms with Crippen molar-refractivity contribution in [2.75, 3.05) is 12.4 Å². The Hall–Kier alpha value is -2.44. The van der Waals surface area contributed by atoms with E-state index in [4.69, 9.17) is 0 Å². The Morgan fingerprint density at radius 3 is 2.86 bits per heavy atom. The molecule has 7 heteroatoms. The third-order valence-corrected chi connectivity index (χ3v) is 3.58. The molecule has 2 aromatic heterocycles. The molecule has 2 amide bonds. The van der Waals surface area contributed by atoms with Gasteiger partial charge in [0.05, 0.1) is 6.20 Å². The summed E-state index contributed by atoms with van der Waals surface area (Å²) in [4.78, 5) is 28.0. The number of rotatable bonds is 4. The van der Waals surface area contributed by atoms with E-state index in [0.29, 0.717) is 17.2 Å². The molecule has 2 N–H and O–H groups in total. The Morgan fingerprint density at radius 2 is 2.24 bits per heavy atom. The monoisotopic (exact) mass is 291 g/mol. The van der Waals surface area contributed by atoms with Crippen LogP contribution in [0.1, 0.15) is 38.7 Å². The number of aryl methyl sites for hydroxylation is 1. The maximum Gasteiger partial charge on any atom is 0.271 e. The number of amides is 2. The highest BCUT2D eigenvalue weighted by atomic mass is 16.2. The molecule has 0 unspecified atom stereocenters. The zero-order valence-corrected chi connectivity index (χ0v) is 12.0. The van der Waals surface area contributed by atoms with Gasteiger partial charge in [-0.25, -0.2) is 9.50 Å². The van der Waals surface area contributed by atoms with Crippen molar-refractivity contribution < 1.29 is 12.4 Å². The van der Waals surface area contributed by atoms with Crippen molar-refractivity contribution in [1.82, 2.24) is 19.9 Å². The molecule has 1 fully saturated rings. The second-order valence-electron chi connectivity index (χ2n) is 5.13. The van der Waals surface area contributed by atoms with Crippen LogP contribution in [0, 0.1) is 5.92 Å². The van der Waals surface area contributed by atoms with Crippen LogP contribution < -0.4 is 10.6 Å². The fourth-order valence-electron chi connectivity index (χ4n) is 2.21. The van der Waals surface area contributed by atoms with E-state index < -0.39 is 0 Å². The minimum Gasteiger partial charge on any atom is -0.354 e. The smallest absolute Gasteiger partial charge is 0.271 e. The maximum atomic E-state index is 11.9. The molecule has 3 rings (SSSR count). The van der Waals surface area contributed by atoms with Crippen molar-refractivity contribution in [1.29, 1.82) is 0 Å². The molecule has 7 nitrogen and oxygen atoms in total. The van der Waals surface area contributed by atoms with Crippen LogP contribution in [0.25, 0.3) is 5.65 Å². The molecule has 114 valence electrons. The fourth-order valence-corrected chi connectivity index (χ4v) is 2.21. The summed E-state index contributed by atoms with van der Waals surface area (Å²) in [6.45, 7) is 2.00. The molecule has 0 spiro atoms. The van der Waals surface area contributed by atoms with Gasteiger partial charge in [0.1, 0.15) is 0 Å².